The Kier molecular flexibility index (Phi) is 8.22. The largest absolute Gasteiger partial charge is 0.206 e. The summed E-state index contributed by atoms with van der Waals surface area (Å²) in [5.74, 6) is 8.35. The Hall–Kier alpha value is -2.59. The Morgan fingerprint density at radius 3 is 2.21 bits per heavy atom. The number of hydrogen-bond acceptors (Lipinski definition) is 0. The molecule has 0 bridgehead atoms. The highest BCUT2D eigenvalue weighted by Crippen LogP contribution is 2.33. The molecule has 1 saturated carbocycles. The minimum absolute atomic E-state index is 0.0746. The number of fused-ring (bicyclic) bond motifs is 1. The van der Waals surface area contributed by atoms with Gasteiger partial charge in [0.15, 0.2) is 0 Å². The predicted molar refractivity (Wildman–Crippen MR) is 139 cm³/mol. The Labute approximate surface area is 199 Å². The Morgan fingerprint density at radius 2 is 1.48 bits per heavy atom. The summed E-state index contributed by atoms with van der Waals surface area (Å²) in [6.07, 6.45) is 12.4. The van der Waals surface area contributed by atoms with Crippen molar-refractivity contribution in [3.63, 3.8) is 0 Å². The van der Waals surface area contributed by atoms with E-state index in [1.165, 1.54) is 50.5 Å². The van der Waals surface area contributed by atoms with E-state index < -0.39 is 0 Å². The molecule has 3 aromatic carbocycles. The quantitative estimate of drug-likeness (QED) is 0.322. The van der Waals surface area contributed by atoms with Crippen LogP contribution in [0.1, 0.15) is 87.5 Å². The summed E-state index contributed by atoms with van der Waals surface area (Å²) < 4.78 is 14.8. The van der Waals surface area contributed by atoms with Crippen molar-refractivity contribution in [2.75, 3.05) is 0 Å². The molecule has 0 N–H and O–H groups in total. The minimum atomic E-state index is -0.0746. The average Bonchev–Trinajstić information content (AvgIpc) is 2.87. The molecule has 1 aliphatic carbocycles. The van der Waals surface area contributed by atoms with Gasteiger partial charge in [0, 0.05) is 16.5 Å². The zero-order valence-electron chi connectivity index (χ0n) is 20.3. The van der Waals surface area contributed by atoms with Gasteiger partial charge in [-0.25, -0.2) is 4.39 Å². The van der Waals surface area contributed by atoms with Crippen molar-refractivity contribution >= 4 is 10.8 Å². The maximum Gasteiger partial charge on any atom is 0.134 e. The van der Waals surface area contributed by atoms with E-state index in [-0.39, 0.29) is 5.82 Å². The van der Waals surface area contributed by atoms with Crippen LogP contribution < -0.4 is 0 Å². The maximum atomic E-state index is 14.8. The normalized spacial score (nSPS) is 18.2. The Bertz CT molecular complexity index is 1100. The smallest absolute Gasteiger partial charge is 0.134 e. The van der Waals surface area contributed by atoms with Crippen LogP contribution in [0.3, 0.4) is 0 Å². The van der Waals surface area contributed by atoms with Crippen molar-refractivity contribution in [1.29, 1.82) is 0 Å². The second-order valence-corrected chi connectivity index (χ2v) is 9.86. The van der Waals surface area contributed by atoms with Crippen LogP contribution in [0.5, 0.6) is 0 Å². The molecule has 0 nitrogen and oxygen atoms in total. The monoisotopic (exact) mass is 440 g/mol. The summed E-state index contributed by atoms with van der Waals surface area (Å²) >= 11 is 0. The second kappa shape index (κ2) is 11.5. The predicted octanol–water partition coefficient (Wildman–Crippen LogP) is 8.87. The van der Waals surface area contributed by atoms with E-state index in [4.69, 9.17) is 0 Å². The van der Waals surface area contributed by atoms with Crippen LogP contribution in [-0.4, -0.2) is 0 Å². The molecule has 0 radical (unpaired) electrons. The van der Waals surface area contributed by atoms with Crippen molar-refractivity contribution in [1.82, 2.24) is 0 Å². The first-order valence-electron chi connectivity index (χ1n) is 13.0. The standard InChI is InChI=1S/C32H37F/c1-3-5-6-29-20-21-30-23-28(19-22-31(30)32(29)33)18-17-27-15-13-26(14-16-27)12-11-25-9-7-24(4-2)8-10-25/h13-16,19-25H,3-12H2,1-2H3. The molecule has 0 saturated heterocycles. The molecule has 0 spiro atoms. The van der Waals surface area contributed by atoms with E-state index in [2.05, 4.69) is 50.0 Å². The van der Waals surface area contributed by atoms with Crippen LogP contribution in [0.15, 0.2) is 54.6 Å². The molecule has 0 aromatic heterocycles. The van der Waals surface area contributed by atoms with Crippen LogP contribution in [0, 0.1) is 29.5 Å². The maximum absolute atomic E-state index is 14.8. The summed E-state index contributed by atoms with van der Waals surface area (Å²) in [6.45, 7) is 4.47. The lowest BCUT2D eigenvalue weighted by atomic mass is 9.78. The van der Waals surface area contributed by atoms with Gasteiger partial charge in [-0.05, 0) is 78.3 Å². The molecule has 0 unspecified atom stereocenters. The van der Waals surface area contributed by atoms with Gasteiger partial charge in [-0.3, -0.25) is 0 Å². The minimum Gasteiger partial charge on any atom is -0.206 e. The zero-order valence-corrected chi connectivity index (χ0v) is 20.3. The van der Waals surface area contributed by atoms with Crippen LogP contribution in [0.4, 0.5) is 4.39 Å². The number of aryl methyl sites for hydroxylation is 2. The molecule has 33 heavy (non-hydrogen) atoms. The first-order chi connectivity index (χ1) is 16.2. The fraction of sp³-hybridized carbons (Fsp3) is 0.438. The fourth-order valence-electron chi connectivity index (χ4n) is 5.17. The van der Waals surface area contributed by atoms with E-state index in [0.717, 1.165) is 53.2 Å². The molecular formula is C32H37F. The SMILES string of the molecule is CCCCc1ccc2cc(C#Cc3ccc(CCC4CCC(CC)CC4)cc3)ccc2c1F. The highest BCUT2D eigenvalue weighted by molar-refractivity contribution is 5.85. The molecule has 0 aliphatic heterocycles. The molecule has 0 atom stereocenters. The molecule has 0 heterocycles. The molecule has 3 aromatic rings. The topological polar surface area (TPSA) is 0 Å². The van der Waals surface area contributed by atoms with Gasteiger partial charge in [0.2, 0.25) is 0 Å². The molecule has 1 heteroatoms. The number of rotatable bonds is 7. The van der Waals surface area contributed by atoms with Crippen LogP contribution in [0.2, 0.25) is 0 Å². The van der Waals surface area contributed by atoms with Gasteiger partial charge in [0.1, 0.15) is 5.82 Å². The number of halogens is 1. The van der Waals surface area contributed by atoms with Gasteiger partial charge in [-0.15, -0.1) is 0 Å². The lowest BCUT2D eigenvalue weighted by molar-refractivity contribution is 0.259. The molecule has 4 rings (SSSR count). The number of benzene rings is 3. The lowest BCUT2D eigenvalue weighted by Gasteiger charge is -2.27. The van der Waals surface area contributed by atoms with Crippen LogP contribution in [0.25, 0.3) is 10.8 Å². The van der Waals surface area contributed by atoms with Crippen molar-refractivity contribution in [3.8, 4) is 11.8 Å². The highest BCUT2D eigenvalue weighted by atomic mass is 19.1. The van der Waals surface area contributed by atoms with E-state index >= 15 is 0 Å². The van der Waals surface area contributed by atoms with Crippen LogP contribution >= 0.6 is 0 Å². The molecule has 0 amide bonds. The third-order valence-electron chi connectivity index (χ3n) is 7.52. The molecule has 1 fully saturated rings. The number of hydrogen-bond donors (Lipinski definition) is 0. The second-order valence-electron chi connectivity index (χ2n) is 9.86. The first kappa shape index (κ1) is 23.6. The third-order valence-corrected chi connectivity index (χ3v) is 7.52. The van der Waals surface area contributed by atoms with Gasteiger partial charge < -0.3 is 0 Å². The summed E-state index contributed by atoms with van der Waals surface area (Å²) in [4.78, 5) is 0. The Balaban J connectivity index is 1.36. The fourth-order valence-corrected chi connectivity index (χ4v) is 5.17. The van der Waals surface area contributed by atoms with Crippen molar-refractivity contribution in [2.45, 2.75) is 78.1 Å². The number of unbranched alkanes of at least 4 members (excludes halogenated alkanes) is 1. The van der Waals surface area contributed by atoms with Crippen LogP contribution in [-0.2, 0) is 12.8 Å². The summed E-state index contributed by atoms with van der Waals surface area (Å²) in [5.41, 5.74) is 4.19. The van der Waals surface area contributed by atoms with Crippen molar-refractivity contribution in [2.24, 2.45) is 11.8 Å². The molecular weight excluding hydrogens is 403 g/mol. The third kappa shape index (κ3) is 6.26. The van der Waals surface area contributed by atoms with E-state index in [1.54, 1.807) is 0 Å². The lowest BCUT2D eigenvalue weighted by Crippen LogP contribution is -2.14. The molecule has 172 valence electrons. The van der Waals surface area contributed by atoms with E-state index in [9.17, 15) is 4.39 Å². The van der Waals surface area contributed by atoms with E-state index in [0.29, 0.717) is 5.39 Å². The zero-order chi connectivity index (χ0) is 23.0. The van der Waals surface area contributed by atoms with E-state index in [1.807, 2.05) is 30.3 Å². The van der Waals surface area contributed by atoms with Gasteiger partial charge in [-0.1, -0.05) is 94.5 Å². The Morgan fingerprint density at radius 1 is 0.788 bits per heavy atom. The summed E-state index contributed by atoms with van der Waals surface area (Å²) in [6, 6.07) is 18.5. The van der Waals surface area contributed by atoms with Gasteiger partial charge >= 0.3 is 0 Å². The molecule has 1 aliphatic rings. The van der Waals surface area contributed by atoms with Crippen molar-refractivity contribution < 1.29 is 4.39 Å². The van der Waals surface area contributed by atoms with Gasteiger partial charge in [0.25, 0.3) is 0 Å². The van der Waals surface area contributed by atoms with Gasteiger partial charge in [0.05, 0.1) is 0 Å². The summed E-state index contributed by atoms with van der Waals surface area (Å²) in [5, 5.41) is 1.62. The first-order valence-corrected chi connectivity index (χ1v) is 13.0. The summed E-state index contributed by atoms with van der Waals surface area (Å²) in [7, 11) is 0. The van der Waals surface area contributed by atoms with Crippen molar-refractivity contribution in [3.05, 3.63) is 82.7 Å². The average molecular weight is 441 g/mol. The van der Waals surface area contributed by atoms with Gasteiger partial charge in [-0.2, -0.15) is 0 Å². The highest BCUT2D eigenvalue weighted by Gasteiger charge is 2.19.